The zero-order chi connectivity index (χ0) is 17.2. The molecule has 0 saturated carbocycles. The molecular weight excluding hydrogens is 340 g/mol. The van der Waals surface area contributed by atoms with Crippen LogP contribution < -0.4 is 5.32 Å². The van der Waals surface area contributed by atoms with Crippen LogP contribution in [0.5, 0.6) is 0 Å². The quantitative estimate of drug-likeness (QED) is 0.699. The third-order valence-electron chi connectivity index (χ3n) is 4.56. The molecule has 1 atom stereocenters. The first-order valence-electron chi connectivity index (χ1n) is 8.89. The fourth-order valence-corrected chi connectivity index (χ4v) is 3.05. The number of hydrogen-bond donors (Lipinski definition) is 2. The molecule has 0 aromatic heterocycles. The van der Waals surface area contributed by atoms with Gasteiger partial charge in [-0.1, -0.05) is 30.3 Å². The van der Waals surface area contributed by atoms with Crippen LogP contribution in [0.3, 0.4) is 0 Å². The van der Waals surface area contributed by atoms with E-state index in [0.29, 0.717) is 25.5 Å². The Morgan fingerprint density at radius 3 is 2.68 bits per heavy atom. The SMILES string of the molecule is CN(CC(O)COCc1ccccc1)C(=O)CCC1CCNCC1.Cl. The second kappa shape index (κ2) is 12.3. The Kier molecular flexibility index (Phi) is 10.7. The molecule has 1 fully saturated rings. The van der Waals surface area contributed by atoms with Crippen molar-refractivity contribution in [3.05, 3.63) is 35.9 Å². The number of amides is 1. The van der Waals surface area contributed by atoms with Gasteiger partial charge in [-0.2, -0.15) is 0 Å². The molecule has 25 heavy (non-hydrogen) atoms. The second-order valence-electron chi connectivity index (χ2n) is 6.66. The van der Waals surface area contributed by atoms with Gasteiger partial charge in [-0.15, -0.1) is 12.4 Å². The van der Waals surface area contributed by atoms with Crippen LogP contribution in [0.2, 0.25) is 0 Å². The molecule has 0 bridgehead atoms. The summed E-state index contributed by atoms with van der Waals surface area (Å²) in [6, 6.07) is 9.86. The predicted molar refractivity (Wildman–Crippen MR) is 102 cm³/mol. The van der Waals surface area contributed by atoms with Crippen LogP contribution in [0.4, 0.5) is 0 Å². The van der Waals surface area contributed by atoms with Gasteiger partial charge in [0.2, 0.25) is 5.91 Å². The van der Waals surface area contributed by atoms with Crippen molar-refractivity contribution in [2.24, 2.45) is 5.92 Å². The van der Waals surface area contributed by atoms with Crippen molar-refractivity contribution in [1.82, 2.24) is 10.2 Å². The summed E-state index contributed by atoms with van der Waals surface area (Å²) in [5, 5.41) is 13.4. The van der Waals surface area contributed by atoms with E-state index in [9.17, 15) is 9.90 Å². The third kappa shape index (κ3) is 8.68. The average Bonchev–Trinajstić information content (AvgIpc) is 2.61. The minimum Gasteiger partial charge on any atom is -0.389 e. The number of carbonyl (C=O) groups excluding carboxylic acids is 1. The van der Waals surface area contributed by atoms with Crippen LogP contribution in [-0.4, -0.2) is 55.3 Å². The summed E-state index contributed by atoms with van der Waals surface area (Å²) in [5.41, 5.74) is 1.08. The lowest BCUT2D eigenvalue weighted by Gasteiger charge is -2.24. The fraction of sp³-hybridized carbons (Fsp3) is 0.632. The number of hydrogen-bond acceptors (Lipinski definition) is 4. The van der Waals surface area contributed by atoms with Crippen LogP contribution in [-0.2, 0) is 16.1 Å². The van der Waals surface area contributed by atoms with E-state index in [-0.39, 0.29) is 24.9 Å². The van der Waals surface area contributed by atoms with Crippen molar-refractivity contribution in [1.29, 1.82) is 0 Å². The first-order chi connectivity index (χ1) is 11.6. The number of likely N-dealkylation sites (N-methyl/N-ethyl adjacent to an activating group) is 1. The normalized spacial score (nSPS) is 16.1. The lowest BCUT2D eigenvalue weighted by molar-refractivity contribution is -0.132. The van der Waals surface area contributed by atoms with E-state index < -0.39 is 6.10 Å². The standard InChI is InChI=1S/C19H30N2O3.ClH/c1-21(19(23)8-7-16-9-11-20-12-10-16)13-18(22)15-24-14-17-5-3-2-4-6-17;/h2-6,16,18,20,22H,7-15H2,1H3;1H. The van der Waals surface area contributed by atoms with E-state index in [1.54, 1.807) is 11.9 Å². The number of ether oxygens (including phenoxy) is 1. The fourth-order valence-electron chi connectivity index (χ4n) is 3.05. The van der Waals surface area contributed by atoms with E-state index in [0.717, 1.165) is 37.9 Å². The van der Waals surface area contributed by atoms with E-state index in [2.05, 4.69) is 5.32 Å². The number of aliphatic hydroxyl groups excluding tert-OH is 1. The minimum absolute atomic E-state index is 0. The number of benzene rings is 1. The Balaban J connectivity index is 0.00000312. The van der Waals surface area contributed by atoms with Crippen molar-refractivity contribution in [2.45, 2.75) is 38.4 Å². The molecule has 1 heterocycles. The highest BCUT2D eigenvalue weighted by Crippen LogP contribution is 2.18. The van der Waals surface area contributed by atoms with Crippen molar-refractivity contribution in [3.63, 3.8) is 0 Å². The molecule has 2 rings (SSSR count). The van der Waals surface area contributed by atoms with Gasteiger partial charge in [0, 0.05) is 20.0 Å². The molecule has 142 valence electrons. The molecule has 1 aliphatic rings. The largest absolute Gasteiger partial charge is 0.389 e. The molecule has 1 aromatic carbocycles. The number of aliphatic hydroxyl groups is 1. The first kappa shape index (κ1) is 21.9. The van der Waals surface area contributed by atoms with Crippen LogP contribution in [0.1, 0.15) is 31.2 Å². The molecule has 0 spiro atoms. The molecule has 6 heteroatoms. The summed E-state index contributed by atoms with van der Waals surface area (Å²) < 4.78 is 5.52. The first-order valence-corrected chi connectivity index (χ1v) is 8.89. The predicted octanol–water partition coefficient (Wildman–Crippen LogP) is 2.22. The average molecular weight is 371 g/mol. The molecule has 1 unspecified atom stereocenters. The van der Waals surface area contributed by atoms with Crippen molar-refractivity contribution in [3.8, 4) is 0 Å². The summed E-state index contributed by atoms with van der Waals surface area (Å²) in [5.74, 6) is 0.762. The molecule has 1 amide bonds. The van der Waals surface area contributed by atoms with Crippen LogP contribution in [0, 0.1) is 5.92 Å². The number of rotatable bonds is 9. The number of halogens is 1. The summed E-state index contributed by atoms with van der Waals surface area (Å²) in [7, 11) is 1.76. The highest BCUT2D eigenvalue weighted by atomic mass is 35.5. The maximum absolute atomic E-state index is 12.2. The molecule has 2 N–H and O–H groups in total. The molecule has 0 aliphatic carbocycles. The smallest absolute Gasteiger partial charge is 0.222 e. The van der Waals surface area contributed by atoms with E-state index in [1.165, 1.54) is 0 Å². The molecule has 1 aliphatic heterocycles. The van der Waals surface area contributed by atoms with E-state index >= 15 is 0 Å². The molecule has 0 radical (unpaired) electrons. The maximum atomic E-state index is 12.2. The lowest BCUT2D eigenvalue weighted by atomic mass is 9.93. The summed E-state index contributed by atoms with van der Waals surface area (Å²) >= 11 is 0. The summed E-state index contributed by atoms with van der Waals surface area (Å²) in [6.07, 6.45) is 3.19. The van der Waals surface area contributed by atoms with Gasteiger partial charge in [0.05, 0.1) is 19.3 Å². The van der Waals surface area contributed by atoms with Crippen LogP contribution in [0.15, 0.2) is 30.3 Å². The van der Waals surface area contributed by atoms with Crippen LogP contribution >= 0.6 is 12.4 Å². The molecule has 1 aromatic rings. The van der Waals surface area contributed by atoms with Gasteiger partial charge >= 0.3 is 0 Å². The zero-order valence-electron chi connectivity index (χ0n) is 15.0. The Bertz CT molecular complexity index is 481. The van der Waals surface area contributed by atoms with Crippen molar-refractivity contribution < 1.29 is 14.6 Å². The summed E-state index contributed by atoms with van der Waals surface area (Å²) in [6.45, 7) is 3.16. The Morgan fingerprint density at radius 1 is 1.32 bits per heavy atom. The maximum Gasteiger partial charge on any atom is 0.222 e. The van der Waals surface area contributed by atoms with Crippen molar-refractivity contribution in [2.75, 3.05) is 33.3 Å². The van der Waals surface area contributed by atoms with E-state index in [1.807, 2.05) is 30.3 Å². The number of carbonyl (C=O) groups is 1. The van der Waals surface area contributed by atoms with Gasteiger partial charge in [0.1, 0.15) is 0 Å². The Labute approximate surface area is 157 Å². The highest BCUT2D eigenvalue weighted by Gasteiger charge is 2.18. The number of piperidine rings is 1. The molecular formula is C19H31ClN2O3. The van der Waals surface area contributed by atoms with E-state index in [4.69, 9.17) is 4.74 Å². The third-order valence-corrected chi connectivity index (χ3v) is 4.56. The summed E-state index contributed by atoms with van der Waals surface area (Å²) in [4.78, 5) is 13.8. The van der Waals surface area contributed by atoms with Gasteiger partial charge in [-0.25, -0.2) is 0 Å². The lowest BCUT2D eigenvalue weighted by Crippen LogP contribution is -2.36. The Morgan fingerprint density at radius 2 is 2.00 bits per heavy atom. The monoisotopic (exact) mass is 370 g/mol. The highest BCUT2D eigenvalue weighted by molar-refractivity contribution is 5.85. The van der Waals surface area contributed by atoms with Crippen LogP contribution in [0.25, 0.3) is 0 Å². The second-order valence-corrected chi connectivity index (χ2v) is 6.66. The zero-order valence-corrected chi connectivity index (χ0v) is 15.8. The molecule has 5 nitrogen and oxygen atoms in total. The van der Waals surface area contributed by atoms with Gasteiger partial charge < -0.3 is 20.1 Å². The minimum atomic E-state index is -0.651. The Hall–Kier alpha value is -1.14. The molecule has 1 saturated heterocycles. The van der Waals surface area contributed by atoms with Gasteiger partial charge in [-0.05, 0) is 43.8 Å². The van der Waals surface area contributed by atoms with Gasteiger partial charge in [0.25, 0.3) is 0 Å². The number of nitrogens with one attached hydrogen (secondary N) is 1. The van der Waals surface area contributed by atoms with Gasteiger partial charge in [-0.3, -0.25) is 4.79 Å². The van der Waals surface area contributed by atoms with Gasteiger partial charge in [0.15, 0.2) is 0 Å². The topological polar surface area (TPSA) is 61.8 Å². The van der Waals surface area contributed by atoms with Crippen molar-refractivity contribution >= 4 is 18.3 Å². The number of nitrogens with zero attached hydrogens (tertiary/aromatic N) is 1.